The van der Waals surface area contributed by atoms with Gasteiger partial charge in [0.05, 0.1) is 0 Å². The van der Waals surface area contributed by atoms with Gasteiger partial charge in [0.25, 0.3) is 0 Å². The monoisotopic (exact) mass is 288 g/mol. The third-order valence-corrected chi connectivity index (χ3v) is 4.22. The summed E-state index contributed by atoms with van der Waals surface area (Å²) in [5, 5.41) is 6.65. The number of rotatable bonds is 5. The summed E-state index contributed by atoms with van der Waals surface area (Å²) in [6, 6.07) is 8.74. The highest BCUT2D eigenvalue weighted by Crippen LogP contribution is 2.26. The quantitative estimate of drug-likeness (QED) is 0.874. The number of carbonyl (C=O) groups is 1. The van der Waals surface area contributed by atoms with Crippen molar-refractivity contribution in [3.63, 3.8) is 0 Å². The Kier molecular flexibility index (Phi) is 5.04. The zero-order valence-corrected chi connectivity index (χ0v) is 13.7. The summed E-state index contributed by atoms with van der Waals surface area (Å²) in [4.78, 5) is 12.4. The molecule has 0 bridgehead atoms. The van der Waals surface area contributed by atoms with Gasteiger partial charge in [-0.2, -0.15) is 0 Å². The first-order valence-corrected chi connectivity index (χ1v) is 7.99. The largest absolute Gasteiger partial charge is 0.354 e. The highest BCUT2D eigenvalue weighted by molar-refractivity contribution is 5.81. The van der Waals surface area contributed by atoms with Crippen molar-refractivity contribution < 1.29 is 4.79 Å². The Morgan fingerprint density at radius 3 is 2.81 bits per heavy atom. The van der Waals surface area contributed by atoms with Gasteiger partial charge in [-0.3, -0.25) is 4.79 Å². The molecule has 1 atom stereocenters. The molecule has 1 amide bonds. The van der Waals surface area contributed by atoms with E-state index in [0.29, 0.717) is 12.5 Å². The SMILES string of the molecule is CC(C)CC(C)(C)C(=O)NCC1NCCc2ccccc21. The zero-order chi connectivity index (χ0) is 15.5. The molecule has 0 aliphatic carbocycles. The lowest BCUT2D eigenvalue weighted by atomic mass is 9.83. The molecule has 2 N–H and O–H groups in total. The molecule has 3 nitrogen and oxygen atoms in total. The summed E-state index contributed by atoms with van der Waals surface area (Å²) < 4.78 is 0. The molecule has 116 valence electrons. The molecule has 1 aliphatic rings. The first-order chi connectivity index (χ1) is 9.90. The molecule has 1 aromatic rings. The Balaban J connectivity index is 1.96. The maximum atomic E-state index is 12.4. The number of carbonyl (C=O) groups excluding carboxylic acids is 1. The van der Waals surface area contributed by atoms with Crippen LogP contribution in [-0.4, -0.2) is 19.0 Å². The minimum atomic E-state index is -0.303. The van der Waals surface area contributed by atoms with Gasteiger partial charge in [0.2, 0.25) is 5.91 Å². The molecule has 0 spiro atoms. The second-order valence-electron chi connectivity index (χ2n) is 7.15. The molecule has 1 heterocycles. The van der Waals surface area contributed by atoms with Crippen LogP contribution in [0.3, 0.4) is 0 Å². The molecule has 0 aromatic heterocycles. The van der Waals surface area contributed by atoms with E-state index in [9.17, 15) is 4.79 Å². The van der Waals surface area contributed by atoms with Crippen molar-refractivity contribution in [1.29, 1.82) is 0 Å². The van der Waals surface area contributed by atoms with Gasteiger partial charge in [-0.05, 0) is 36.4 Å². The van der Waals surface area contributed by atoms with Crippen molar-refractivity contribution in [2.45, 2.75) is 46.6 Å². The first kappa shape index (κ1) is 16.0. The lowest BCUT2D eigenvalue weighted by Crippen LogP contribution is -2.43. The van der Waals surface area contributed by atoms with Crippen LogP contribution in [0.4, 0.5) is 0 Å². The smallest absolute Gasteiger partial charge is 0.225 e. The number of fused-ring (bicyclic) bond motifs is 1. The second-order valence-corrected chi connectivity index (χ2v) is 7.15. The van der Waals surface area contributed by atoms with E-state index in [1.54, 1.807) is 0 Å². The van der Waals surface area contributed by atoms with E-state index >= 15 is 0 Å². The maximum Gasteiger partial charge on any atom is 0.225 e. The molecular formula is C18H28N2O. The molecule has 1 aromatic carbocycles. The van der Waals surface area contributed by atoms with Crippen LogP contribution in [0.1, 0.15) is 51.3 Å². The van der Waals surface area contributed by atoms with Crippen LogP contribution >= 0.6 is 0 Å². The maximum absolute atomic E-state index is 12.4. The summed E-state index contributed by atoms with van der Waals surface area (Å²) in [6.45, 7) is 10.0. The van der Waals surface area contributed by atoms with Crippen LogP contribution in [0, 0.1) is 11.3 Å². The van der Waals surface area contributed by atoms with Gasteiger partial charge in [0.15, 0.2) is 0 Å². The van der Waals surface area contributed by atoms with Crippen LogP contribution in [0.25, 0.3) is 0 Å². The van der Waals surface area contributed by atoms with Gasteiger partial charge >= 0.3 is 0 Å². The molecule has 0 fully saturated rings. The summed E-state index contributed by atoms with van der Waals surface area (Å²) in [5.74, 6) is 0.681. The summed E-state index contributed by atoms with van der Waals surface area (Å²) in [5.41, 5.74) is 2.42. The van der Waals surface area contributed by atoms with E-state index in [1.807, 2.05) is 13.8 Å². The van der Waals surface area contributed by atoms with Crippen LogP contribution in [0.2, 0.25) is 0 Å². The van der Waals surface area contributed by atoms with Gasteiger partial charge in [-0.1, -0.05) is 52.0 Å². The number of hydrogen-bond donors (Lipinski definition) is 2. The molecule has 0 radical (unpaired) electrons. The Hall–Kier alpha value is -1.35. The van der Waals surface area contributed by atoms with Crippen LogP contribution in [-0.2, 0) is 11.2 Å². The average molecular weight is 288 g/mol. The van der Waals surface area contributed by atoms with Crippen molar-refractivity contribution in [3.8, 4) is 0 Å². The molecule has 2 rings (SSSR count). The van der Waals surface area contributed by atoms with Gasteiger partial charge in [0, 0.05) is 18.0 Å². The molecule has 0 saturated heterocycles. The summed E-state index contributed by atoms with van der Waals surface area (Å²) in [7, 11) is 0. The summed E-state index contributed by atoms with van der Waals surface area (Å²) in [6.07, 6.45) is 1.98. The second kappa shape index (κ2) is 6.61. The molecule has 1 aliphatic heterocycles. The lowest BCUT2D eigenvalue weighted by Gasteiger charge is -2.30. The van der Waals surface area contributed by atoms with E-state index in [4.69, 9.17) is 0 Å². The predicted octanol–water partition coefficient (Wildman–Crippen LogP) is 3.06. The molecule has 3 heteroatoms. The fraction of sp³-hybridized carbons (Fsp3) is 0.611. The van der Waals surface area contributed by atoms with Crippen LogP contribution < -0.4 is 10.6 Å². The Morgan fingerprint density at radius 2 is 2.10 bits per heavy atom. The molecule has 1 unspecified atom stereocenters. The van der Waals surface area contributed by atoms with Crippen molar-refractivity contribution in [3.05, 3.63) is 35.4 Å². The number of benzene rings is 1. The summed E-state index contributed by atoms with van der Waals surface area (Å²) >= 11 is 0. The Morgan fingerprint density at radius 1 is 1.38 bits per heavy atom. The standard InChI is InChI=1S/C18H28N2O/c1-13(2)11-18(3,4)17(21)20-12-16-15-8-6-5-7-14(15)9-10-19-16/h5-8,13,16,19H,9-12H2,1-4H3,(H,20,21). The zero-order valence-electron chi connectivity index (χ0n) is 13.7. The van der Waals surface area contributed by atoms with E-state index in [0.717, 1.165) is 19.4 Å². The van der Waals surface area contributed by atoms with Gasteiger partial charge in [-0.15, -0.1) is 0 Å². The third-order valence-electron chi connectivity index (χ3n) is 4.22. The van der Waals surface area contributed by atoms with Gasteiger partial charge in [-0.25, -0.2) is 0 Å². The van der Waals surface area contributed by atoms with E-state index < -0.39 is 0 Å². The number of amides is 1. The van der Waals surface area contributed by atoms with Gasteiger partial charge in [0.1, 0.15) is 0 Å². The molecular weight excluding hydrogens is 260 g/mol. The fourth-order valence-corrected chi connectivity index (χ4v) is 3.32. The normalized spacial score (nSPS) is 18.4. The molecule has 21 heavy (non-hydrogen) atoms. The minimum Gasteiger partial charge on any atom is -0.354 e. The van der Waals surface area contributed by atoms with E-state index in [-0.39, 0.29) is 17.4 Å². The first-order valence-electron chi connectivity index (χ1n) is 7.99. The average Bonchev–Trinajstić information content (AvgIpc) is 2.43. The van der Waals surface area contributed by atoms with E-state index in [2.05, 4.69) is 48.7 Å². The minimum absolute atomic E-state index is 0.154. The number of hydrogen-bond acceptors (Lipinski definition) is 2. The topological polar surface area (TPSA) is 41.1 Å². The van der Waals surface area contributed by atoms with Crippen molar-refractivity contribution in [1.82, 2.24) is 10.6 Å². The van der Waals surface area contributed by atoms with Gasteiger partial charge < -0.3 is 10.6 Å². The predicted molar refractivity (Wildman–Crippen MR) is 87.1 cm³/mol. The van der Waals surface area contributed by atoms with Crippen LogP contribution in [0.15, 0.2) is 24.3 Å². The Bertz CT molecular complexity index is 494. The molecule has 0 saturated carbocycles. The van der Waals surface area contributed by atoms with Crippen LogP contribution in [0.5, 0.6) is 0 Å². The van der Waals surface area contributed by atoms with Crippen molar-refractivity contribution in [2.24, 2.45) is 11.3 Å². The highest BCUT2D eigenvalue weighted by Gasteiger charge is 2.29. The lowest BCUT2D eigenvalue weighted by molar-refractivity contribution is -0.130. The van der Waals surface area contributed by atoms with Crippen molar-refractivity contribution in [2.75, 3.05) is 13.1 Å². The number of nitrogens with one attached hydrogen (secondary N) is 2. The fourth-order valence-electron chi connectivity index (χ4n) is 3.32. The Labute approximate surface area is 128 Å². The van der Waals surface area contributed by atoms with E-state index in [1.165, 1.54) is 11.1 Å². The highest BCUT2D eigenvalue weighted by atomic mass is 16.2. The van der Waals surface area contributed by atoms with Crippen molar-refractivity contribution >= 4 is 5.91 Å². The third kappa shape index (κ3) is 4.07.